The Kier molecular flexibility index (Phi) is 4.39. The van der Waals surface area contributed by atoms with Gasteiger partial charge < -0.3 is 9.72 Å². The Balaban J connectivity index is 1.66. The zero-order chi connectivity index (χ0) is 14.7. The van der Waals surface area contributed by atoms with Crippen molar-refractivity contribution in [1.29, 1.82) is 0 Å². The number of benzene rings is 1. The van der Waals surface area contributed by atoms with Gasteiger partial charge >= 0.3 is 0 Å². The van der Waals surface area contributed by atoms with Crippen LogP contribution in [0, 0.1) is 0 Å². The van der Waals surface area contributed by atoms with Gasteiger partial charge in [-0.05, 0) is 23.3 Å². The molecule has 1 N–H and O–H groups in total. The van der Waals surface area contributed by atoms with Crippen molar-refractivity contribution in [2.75, 3.05) is 19.7 Å². The Morgan fingerprint density at radius 1 is 1.24 bits per heavy atom. The molecule has 0 unspecified atom stereocenters. The second-order valence-electron chi connectivity index (χ2n) is 5.21. The number of aromatic nitrogens is 1. The fourth-order valence-corrected chi connectivity index (χ4v) is 2.65. The average molecular weight is 305 g/mol. The van der Waals surface area contributed by atoms with Gasteiger partial charge in [0.05, 0.1) is 12.7 Å². The lowest BCUT2D eigenvalue weighted by Gasteiger charge is -2.33. The molecular formula is C16H17ClN2O2. The molecule has 1 saturated heterocycles. The van der Waals surface area contributed by atoms with Crippen molar-refractivity contribution in [3.8, 4) is 0 Å². The first-order valence-electron chi connectivity index (χ1n) is 6.98. The maximum atomic E-state index is 11.1. The summed E-state index contributed by atoms with van der Waals surface area (Å²) in [7, 11) is 0. The molecule has 2 aromatic rings. The summed E-state index contributed by atoms with van der Waals surface area (Å²) in [6, 6.07) is 11.2. The van der Waals surface area contributed by atoms with Crippen molar-refractivity contribution in [1.82, 2.24) is 9.88 Å². The molecule has 1 aliphatic heterocycles. The first-order chi connectivity index (χ1) is 10.2. The highest BCUT2D eigenvalue weighted by molar-refractivity contribution is 6.30. The average Bonchev–Trinajstić information content (AvgIpc) is 2.51. The normalized spacial score (nSPS) is 19.6. The lowest BCUT2D eigenvalue weighted by molar-refractivity contribution is -0.0329. The summed E-state index contributed by atoms with van der Waals surface area (Å²) in [5.41, 5.74) is 2.18. The smallest absolute Gasteiger partial charge is 0.247 e. The van der Waals surface area contributed by atoms with Gasteiger partial charge in [0, 0.05) is 36.9 Å². The summed E-state index contributed by atoms with van der Waals surface area (Å²) in [6.45, 7) is 3.24. The van der Waals surface area contributed by atoms with Crippen LogP contribution in [0.15, 0.2) is 47.4 Å². The van der Waals surface area contributed by atoms with E-state index in [1.807, 2.05) is 30.3 Å². The van der Waals surface area contributed by atoms with E-state index in [1.54, 1.807) is 12.3 Å². The van der Waals surface area contributed by atoms with Gasteiger partial charge in [-0.2, -0.15) is 0 Å². The van der Waals surface area contributed by atoms with Crippen LogP contribution in [-0.2, 0) is 11.3 Å². The lowest BCUT2D eigenvalue weighted by atomic mass is 10.1. The summed E-state index contributed by atoms with van der Waals surface area (Å²) < 4.78 is 5.85. The molecule has 1 fully saturated rings. The molecule has 2 heterocycles. The molecule has 1 aromatic carbocycles. The second-order valence-corrected chi connectivity index (χ2v) is 5.64. The van der Waals surface area contributed by atoms with Crippen molar-refractivity contribution in [3.63, 3.8) is 0 Å². The maximum absolute atomic E-state index is 11.1. The molecule has 1 aliphatic rings. The van der Waals surface area contributed by atoms with Gasteiger partial charge in [-0.1, -0.05) is 29.8 Å². The highest BCUT2D eigenvalue weighted by Gasteiger charge is 2.21. The third-order valence-electron chi connectivity index (χ3n) is 3.65. The largest absolute Gasteiger partial charge is 0.371 e. The van der Waals surface area contributed by atoms with E-state index < -0.39 is 0 Å². The molecule has 21 heavy (non-hydrogen) atoms. The standard InChI is InChI=1S/C16H17ClN2O2/c17-14-4-2-13(3-5-14)15-11-19(7-8-21-15)10-12-1-6-16(20)18-9-12/h1-6,9,15H,7-8,10-11H2,(H,18,20)/t15-/m1/s1. The number of morpholine rings is 1. The molecule has 3 rings (SSSR count). The van der Waals surface area contributed by atoms with Crippen molar-refractivity contribution < 1.29 is 4.74 Å². The maximum Gasteiger partial charge on any atom is 0.247 e. The van der Waals surface area contributed by atoms with Crippen molar-refractivity contribution in [2.24, 2.45) is 0 Å². The van der Waals surface area contributed by atoms with E-state index in [0.29, 0.717) is 6.61 Å². The number of H-pyrrole nitrogens is 1. The quantitative estimate of drug-likeness (QED) is 0.948. The number of pyridine rings is 1. The minimum Gasteiger partial charge on any atom is -0.371 e. The summed E-state index contributed by atoms with van der Waals surface area (Å²) >= 11 is 5.92. The number of nitrogens with zero attached hydrogens (tertiary/aromatic N) is 1. The SMILES string of the molecule is O=c1ccc(CN2CCO[C@@H](c3ccc(Cl)cc3)C2)c[nH]1. The fourth-order valence-electron chi connectivity index (χ4n) is 2.52. The third kappa shape index (κ3) is 3.73. The summed E-state index contributed by atoms with van der Waals surface area (Å²) in [6.07, 6.45) is 1.84. The third-order valence-corrected chi connectivity index (χ3v) is 3.90. The molecule has 0 radical (unpaired) electrons. The molecule has 0 spiro atoms. The number of rotatable bonds is 3. The van der Waals surface area contributed by atoms with Crippen molar-refractivity contribution in [3.05, 3.63) is 69.1 Å². The van der Waals surface area contributed by atoms with E-state index in [1.165, 1.54) is 0 Å². The van der Waals surface area contributed by atoms with Gasteiger partial charge in [0.1, 0.15) is 0 Å². The topological polar surface area (TPSA) is 45.3 Å². The number of aromatic amines is 1. The van der Waals surface area contributed by atoms with Crippen LogP contribution >= 0.6 is 11.6 Å². The molecule has 0 aliphatic carbocycles. The highest BCUT2D eigenvalue weighted by Crippen LogP contribution is 2.24. The predicted molar refractivity (Wildman–Crippen MR) is 82.5 cm³/mol. The molecule has 0 saturated carbocycles. The van der Waals surface area contributed by atoms with Crippen LogP contribution in [0.3, 0.4) is 0 Å². The van der Waals surface area contributed by atoms with E-state index in [-0.39, 0.29) is 11.7 Å². The predicted octanol–water partition coefficient (Wildman–Crippen LogP) is 2.60. The van der Waals surface area contributed by atoms with E-state index >= 15 is 0 Å². The van der Waals surface area contributed by atoms with Crippen molar-refractivity contribution in [2.45, 2.75) is 12.6 Å². The lowest BCUT2D eigenvalue weighted by Crippen LogP contribution is -2.37. The van der Waals surface area contributed by atoms with Gasteiger partial charge in [-0.15, -0.1) is 0 Å². The van der Waals surface area contributed by atoms with Gasteiger partial charge in [0.2, 0.25) is 5.56 Å². The van der Waals surface area contributed by atoms with Crippen LogP contribution in [0.25, 0.3) is 0 Å². The van der Waals surface area contributed by atoms with Crippen LogP contribution in [-0.4, -0.2) is 29.6 Å². The van der Waals surface area contributed by atoms with Gasteiger partial charge in [-0.25, -0.2) is 0 Å². The minimum absolute atomic E-state index is 0.0683. The summed E-state index contributed by atoms with van der Waals surface area (Å²) in [5.74, 6) is 0. The summed E-state index contributed by atoms with van der Waals surface area (Å²) in [5, 5.41) is 0.736. The van der Waals surface area contributed by atoms with E-state index in [4.69, 9.17) is 16.3 Å². The first-order valence-corrected chi connectivity index (χ1v) is 7.35. The van der Waals surface area contributed by atoms with Crippen LogP contribution < -0.4 is 5.56 Å². The number of halogens is 1. The summed E-state index contributed by atoms with van der Waals surface area (Å²) in [4.78, 5) is 16.1. The number of hydrogen-bond donors (Lipinski definition) is 1. The Labute approximate surface area is 128 Å². The zero-order valence-electron chi connectivity index (χ0n) is 11.6. The van der Waals surface area contributed by atoms with Crippen LogP contribution in [0.1, 0.15) is 17.2 Å². The molecular weight excluding hydrogens is 288 g/mol. The number of hydrogen-bond acceptors (Lipinski definition) is 3. The Morgan fingerprint density at radius 2 is 2.05 bits per heavy atom. The molecule has 4 nitrogen and oxygen atoms in total. The molecule has 5 heteroatoms. The van der Waals surface area contributed by atoms with E-state index in [2.05, 4.69) is 9.88 Å². The monoisotopic (exact) mass is 304 g/mol. The van der Waals surface area contributed by atoms with E-state index in [9.17, 15) is 4.79 Å². The Bertz CT molecular complexity index is 634. The van der Waals surface area contributed by atoms with E-state index in [0.717, 1.165) is 35.8 Å². The second kappa shape index (κ2) is 6.43. The molecule has 1 atom stereocenters. The molecule has 0 amide bonds. The highest BCUT2D eigenvalue weighted by atomic mass is 35.5. The molecule has 0 bridgehead atoms. The van der Waals surface area contributed by atoms with Gasteiger partial charge in [0.25, 0.3) is 0 Å². The van der Waals surface area contributed by atoms with Crippen LogP contribution in [0.5, 0.6) is 0 Å². The van der Waals surface area contributed by atoms with Gasteiger partial charge in [-0.3, -0.25) is 9.69 Å². The Morgan fingerprint density at radius 3 is 2.76 bits per heavy atom. The molecule has 110 valence electrons. The first kappa shape index (κ1) is 14.3. The van der Waals surface area contributed by atoms with Crippen LogP contribution in [0.4, 0.5) is 0 Å². The van der Waals surface area contributed by atoms with Crippen LogP contribution in [0.2, 0.25) is 5.02 Å². The number of nitrogens with one attached hydrogen (secondary N) is 1. The number of ether oxygens (including phenoxy) is 1. The minimum atomic E-state index is -0.0697. The molecule has 1 aromatic heterocycles. The van der Waals surface area contributed by atoms with Crippen molar-refractivity contribution >= 4 is 11.6 Å². The van der Waals surface area contributed by atoms with Gasteiger partial charge in [0.15, 0.2) is 0 Å². The zero-order valence-corrected chi connectivity index (χ0v) is 12.3. The Hall–Kier alpha value is -1.62. The fraction of sp³-hybridized carbons (Fsp3) is 0.312.